The molecule has 1 N–H and O–H groups in total. The molecule has 360 valence electrons. The lowest BCUT2D eigenvalue weighted by molar-refractivity contribution is -0.870. The first-order valence-electron chi connectivity index (χ1n) is 25.7. The molecule has 0 aromatic rings. The number of phosphoric ester groups is 1. The Morgan fingerprint density at radius 2 is 0.902 bits per heavy atom. The van der Waals surface area contributed by atoms with E-state index in [9.17, 15) is 14.3 Å². The highest BCUT2D eigenvalue weighted by Crippen LogP contribution is 2.43. The number of quaternary nitrogens is 1. The van der Waals surface area contributed by atoms with E-state index >= 15 is 0 Å². The number of unbranched alkanes of at least 4 members (excludes halogenated alkanes) is 28. The van der Waals surface area contributed by atoms with Gasteiger partial charge < -0.3 is 18.9 Å². The van der Waals surface area contributed by atoms with Crippen LogP contribution in [-0.2, 0) is 27.9 Å². The number of phosphoric acid groups is 1. The molecule has 2 atom stereocenters. The van der Waals surface area contributed by atoms with Crippen LogP contribution in [0.2, 0.25) is 0 Å². The molecule has 0 spiro atoms. The third-order valence-corrected chi connectivity index (χ3v) is 12.2. The van der Waals surface area contributed by atoms with Crippen LogP contribution >= 0.6 is 7.82 Å². The van der Waals surface area contributed by atoms with Crippen molar-refractivity contribution in [3.8, 4) is 0 Å². The standard InChI is InChI=1S/C52H100NO7P/c1-6-8-10-12-14-16-18-20-21-22-23-24-25-26-27-28-29-30-31-32-34-36-38-40-42-44-47-57-49-51(50-59-61(55,56)58-48-46-53(3,4)5)60-52(54)45-43-41-39-37-35-33-19-17-15-13-11-9-7-2/h17-20,22-23,51H,6-16,21,24-50H2,1-5H3/p+1/b19-17-,20-18-,23-22-. The molecular weight excluding hydrogens is 782 g/mol. The van der Waals surface area contributed by atoms with Gasteiger partial charge in [0.05, 0.1) is 34.4 Å². The number of ether oxygens (including phenoxy) is 2. The number of hydrogen-bond acceptors (Lipinski definition) is 6. The normalized spacial score (nSPS) is 13.9. The Morgan fingerprint density at radius 3 is 1.36 bits per heavy atom. The van der Waals surface area contributed by atoms with Crippen LogP contribution in [0, 0.1) is 0 Å². The number of carbonyl (C=O) groups excluding carboxylic acids is 1. The Hall–Kier alpha value is -1.28. The average molecular weight is 883 g/mol. The van der Waals surface area contributed by atoms with Crippen molar-refractivity contribution in [3.63, 3.8) is 0 Å². The molecule has 2 unspecified atom stereocenters. The maximum atomic E-state index is 12.7. The molecular formula is C52H101NO7P+. The van der Waals surface area contributed by atoms with Crippen LogP contribution in [0.25, 0.3) is 0 Å². The minimum Gasteiger partial charge on any atom is -0.457 e. The second-order valence-corrected chi connectivity index (χ2v) is 20.0. The Bertz CT molecular complexity index is 1070. The molecule has 9 heteroatoms. The maximum Gasteiger partial charge on any atom is 0.472 e. The third kappa shape index (κ3) is 49.6. The van der Waals surface area contributed by atoms with E-state index in [0.717, 1.165) is 51.4 Å². The number of likely N-dealkylation sites (N-methyl/N-ethyl adjacent to an activating group) is 1. The van der Waals surface area contributed by atoms with E-state index in [1.54, 1.807) is 0 Å². The highest BCUT2D eigenvalue weighted by molar-refractivity contribution is 7.47. The molecule has 0 saturated heterocycles. The van der Waals surface area contributed by atoms with Gasteiger partial charge >= 0.3 is 13.8 Å². The van der Waals surface area contributed by atoms with E-state index in [-0.39, 0.29) is 25.8 Å². The molecule has 0 heterocycles. The zero-order valence-corrected chi connectivity index (χ0v) is 41.8. The summed E-state index contributed by atoms with van der Waals surface area (Å²) in [5, 5.41) is 0. The summed E-state index contributed by atoms with van der Waals surface area (Å²) in [6.07, 6.45) is 54.8. The monoisotopic (exact) mass is 883 g/mol. The quantitative estimate of drug-likeness (QED) is 0.0214. The van der Waals surface area contributed by atoms with Crippen LogP contribution in [-0.4, -0.2) is 75.6 Å². The van der Waals surface area contributed by atoms with Gasteiger partial charge in [0.2, 0.25) is 0 Å². The van der Waals surface area contributed by atoms with Gasteiger partial charge in [0.1, 0.15) is 19.3 Å². The van der Waals surface area contributed by atoms with E-state index < -0.39 is 13.9 Å². The molecule has 0 aromatic heterocycles. The van der Waals surface area contributed by atoms with Crippen molar-refractivity contribution in [1.82, 2.24) is 0 Å². The molecule has 61 heavy (non-hydrogen) atoms. The van der Waals surface area contributed by atoms with Gasteiger partial charge in [-0.25, -0.2) is 4.57 Å². The molecule has 0 aliphatic carbocycles. The Morgan fingerprint density at radius 1 is 0.508 bits per heavy atom. The number of esters is 1. The average Bonchev–Trinajstić information content (AvgIpc) is 3.22. The van der Waals surface area contributed by atoms with E-state index in [4.69, 9.17) is 18.5 Å². The summed E-state index contributed by atoms with van der Waals surface area (Å²) in [5.74, 6) is -0.321. The molecule has 0 amide bonds. The lowest BCUT2D eigenvalue weighted by Gasteiger charge is -2.24. The summed E-state index contributed by atoms with van der Waals surface area (Å²) < 4.78 is 35.1. The largest absolute Gasteiger partial charge is 0.472 e. The molecule has 0 saturated carbocycles. The van der Waals surface area contributed by atoms with Crippen molar-refractivity contribution in [2.45, 2.75) is 238 Å². The number of rotatable bonds is 48. The van der Waals surface area contributed by atoms with Gasteiger partial charge in [-0.1, -0.05) is 192 Å². The van der Waals surface area contributed by atoms with Crippen LogP contribution < -0.4 is 0 Å². The molecule has 0 aliphatic rings. The van der Waals surface area contributed by atoms with E-state index in [1.165, 1.54) is 161 Å². The topological polar surface area (TPSA) is 91.3 Å². The molecule has 0 bridgehead atoms. The molecule has 0 aromatic carbocycles. The summed E-state index contributed by atoms with van der Waals surface area (Å²) in [6.45, 7) is 5.61. The van der Waals surface area contributed by atoms with Crippen LogP contribution in [0.4, 0.5) is 0 Å². The van der Waals surface area contributed by atoms with E-state index in [2.05, 4.69) is 50.3 Å². The second kappa shape index (κ2) is 45.3. The number of carbonyl (C=O) groups is 1. The Labute approximate surface area is 378 Å². The zero-order valence-electron chi connectivity index (χ0n) is 40.9. The lowest BCUT2D eigenvalue weighted by Crippen LogP contribution is -2.37. The summed E-state index contributed by atoms with van der Waals surface area (Å²) in [6, 6.07) is 0. The van der Waals surface area contributed by atoms with Crippen LogP contribution in [0.3, 0.4) is 0 Å². The fourth-order valence-corrected chi connectivity index (χ4v) is 7.91. The van der Waals surface area contributed by atoms with Crippen molar-refractivity contribution in [3.05, 3.63) is 36.5 Å². The van der Waals surface area contributed by atoms with Crippen LogP contribution in [0.1, 0.15) is 232 Å². The van der Waals surface area contributed by atoms with Crippen molar-refractivity contribution in [1.29, 1.82) is 0 Å². The summed E-state index contributed by atoms with van der Waals surface area (Å²) >= 11 is 0. The maximum absolute atomic E-state index is 12.7. The first-order valence-corrected chi connectivity index (χ1v) is 27.2. The lowest BCUT2D eigenvalue weighted by atomic mass is 10.0. The van der Waals surface area contributed by atoms with Crippen molar-refractivity contribution < 1.29 is 37.3 Å². The minimum atomic E-state index is -4.28. The fraction of sp³-hybridized carbons (Fsp3) is 0.865. The van der Waals surface area contributed by atoms with Crippen molar-refractivity contribution >= 4 is 13.8 Å². The minimum absolute atomic E-state index is 0.0877. The first kappa shape index (κ1) is 59.7. The Balaban J connectivity index is 4.04. The molecule has 0 fully saturated rings. The second-order valence-electron chi connectivity index (χ2n) is 18.5. The van der Waals surface area contributed by atoms with Crippen molar-refractivity contribution in [2.75, 3.05) is 54.1 Å². The number of nitrogens with zero attached hydrogens (tertiary/aromatic N) is 1. The summed E-state index contributed by atoms with van der Waals surface area (Å²) in [7, 11) is 1.67. The molecule has 0 radical (unpaired) electrons. The van der Waals surface area contributed by atoms with Crippen LogP contribution in [0.5, 0.6) is 0 Å². The first-order chi connectivity index (χ1) is 29.6. The third-order valence-electron chi connectivity index (χ3n) is 11.2. The molecule has 0 rings (SSSR count). The van der Waals surface area contributed by atoms with Gasteiger partial charge in [0, 0.05) is 13.0 Å². The number of allylic oxidation sites excluding steroid dienone is 6. The zero-order chi connectivity index (χ0) is 44.8. The predicted molar refractivity (Wildman–Crippen MR) is 261 cm³/mol. The predicted octanol–water partition coefficient (Wildman–Crippen LogP) is 15.7. The highest BCUT2D eigenvalue weighted by atomic mass is 31.2. The van der Waals surface area contributed by atoms with Gasteiger partial charge in [-0.15, -0.1) is 0 Å². The van der Waals surface area contributed by atoms with Gasteiger partial charge in [0.15, 0.2) is 0 Å². The fourth-order valence-electron chi connectivity index (χ4n) is 7.17. The van der Waals surface area contributed by atoms with Gasteiger partial charge in [-0.2, -0.15) is 0 Å². The smallest absolute Gasteiger partial charge is 0.457 e. The van der Waals surface area contributed by atoms with Crippen molar-refractivity contribution in [2.24, 2.45) is 0 Å². The molecule has 8 nitrogen and oxygen atoms in total. The highest BCUT2D eigenvalue weighted by Gasteiger charge is 2.26. The van der Waals surface area contributed by atoms with Gasteiger partial charge in [-0.3, -0.25) is 13.8 Å². The molecule has 0 aliphatic heterocycles. The Kier molecular flexibility index (Phi) is 44.3. The van der Waals surface area contributed by atoms with Gasteiger partial charge in [-0.05, 0) is 70.6 Å². The number of hydrogen-bond donors (Lipinski definition) is 1. The van der Waals surface area contributed by atoms with E-state index in [0.29, 0.717) is 24.1 Å². The summed E-state index contributed by atoms with van der Waals surface area (Å²) in [4.78, 5) is 22.9. The summed E-state index contributed by atoms with van der Waals surface area (Å²) in [5.41, 5.74) is 0. The van der Waals surface area contributed by atoms with E-state index in [1.807, 2.05) is 21.1 Å². The SMILES string of the molecule is CCCCCC/C=C\CCCCCCCC(=O)OC(COCCCCCCCCCCCCCCCC/C=C\C/C=C\CCCCCCC)COP(=O)(O)OCC[N+](C)(C)C. The van der Waals surface area contributed by atoms with Gasteiger partial charge in [0.25, 0.3) is 0 Å². The van der Waals surface area contributed by atoms with Crippen LogP contribution in [0.15, 0.2) is 36.5 Å².